The first-order valence-corrected chi connectivity index (χ1v) is 13.4. The number of amides is 1. The summed E-state index contributed by atoms with van der Waals surface area (Å²) in [6, 6.07) is 8.09. The lowest BCUT2D eigenvalue weighted by Crippen LogP contribution is -2.42. The Balaban J connectivity index is 1.47. The van der Waals surface area contributed by atoms with Gasteiger partial charge in [-0.05, 0) is 75.3 Å². The minimum Gasteiger partial charge on any atom is -0.495 e. The van der Waals surface area contributed by atoms with Crippen LogP contribution in [0.2, 0.25) is 0 Å². The number of aromatic nitrogens is 1. The quantitative estimate of drug-likeness (QED) is 0.606. The van der Waals surface area contributed by atoms with E-state index in [1.807, 2.05) is 19.1 Å². The molecule has 8 nitrogen and oxygen atoms in total. The van der Waals surface area contributed by atoms with Crippen molar-refractivity contribution in [1.82, 2.24) is 14.6 Å². The lowest BCUT2D eigenvalue weighted by Gasteiger charge is -2.32. The number of pyridine rings is 1. The number of methoxy groups -OCH3 is 1. The number of sulfonamides is 1. The lowest BCUT2D eigenvalue weighted by molar-refractivity contribution is 0.0950. The van der Waals surface area contributed by atoms with Gasteiger partial charge in [0.15, 0.2) is 0 Å². The van der Waals surface area contributed by atoms with Crippen LogP contribution in [-0.4, -0.2) is 49.4 Å². The van der Waals surface area contributed by atoms with Crippen molar-refractivity contribution in [3.05, 3.63) is 47.7 Å². The molecule has 4 rings (SSSR count). The fraction of sp³-hybridized carbons (Fsp3) is 0.520. The smallest absolute Gasteiger partial charge is 0.251 e. The highest BCUT2D eigenvalue weighted by Gasteiger charge is 2.33. The summed E-state index contributed by atoms with van der Waals surface area (Å²) in [5.74, 6) is 0.435. The molecule has 184 valence electrons. The van der Waals surface area contributed by atoms with Gasteiger partial charge in [-0.15, -0.1) is 0 Å². The number of rotatable bonds is 8. The first-order chi connectivity index (χ1) is 16.4. The van der Waals surface area contributed by atoms with Gasteiger partial charge in [0.05, 0.1) is 7.11 Å². The number of hydrogen-bond donors (Lipinski definition) is 1. The molecule has 1 aliphatic carbocycles. The van der Waals surface area contributed by atoms with E-state index in [2.05, 4.69) is 10.3 Å². The minimum atomic E-state index is -3.79. The van der Waals surface area contributed by atoms with Crippen LogP contribution in [0.15, 0.2) is 41.4 Å². The third-order valence-electron chi connectivity index (χ3n) is 6.60. The summed E-state index contributed by atoms with van der Waals surface area (Å²) in [4.78, 5) is 17.2. The number of nitrogens with one attached hydrogen (secondary N) is 1. The molecule has 1 aliphatic heterocycles. The molecule has 1 aromatic heterocycles. The first-order valence-electron chi connectivity index (χ1n) is 12.0. The van der Waals surface area contributed by atoms with Crippen molar-refractivity contribution in [1.29, 1.82) is 0 Å². The van der Waals surface area contributed by atoms with Crippen molar-refractivity contribution >= 4 is 15.9 Å². The molecule has 1 saturated carbocycles. The molecule has 1 N–H and O–H groups in total. The Morgan fingerprint density at radius 1 is 1.12 bits per heavy atom. The molecule has 2 fully saturated rings. The molecule has 0 bridgehead atoms. The van der Waals surface area contributed by atoms with E-state index in [-0.39, 0.29) is 40.8 Å². The van der Waals surface area contributed by atoms with Crippen LogP contribution < -0.4 is 14.8 Å². The highest BCUT2D eigenvalue weighted by molar-refractivity contribution is 7.89. The van der Waals surface area contributed by atoms with Crippen molar-refractivity contribution in [3.63, 3.8) is 0 Å². The number of hydrogen-bond acceptors (Lipinski definition) is 6. The second-order valence-electron chi connectivity index (χ2n) is 9.04. The molecule has 1 aromatic carbocycles. The number of benzene rings is 1. The van der Waals surface area contributed by atoms with E-state index in [1.54, 1.807) is 12.3 Å². The molecule has 1 amide bonds. The normalized spacial score (nSPS) is 19.6. The second-order valence-corrected chi connectivity index (χ2v) is 10.9. The van der Waals surface area contributed by atoms with Crippen LogP contribution in [0.4, 0.5) is 0 Å². The van der Waals surface area contributed by atoms with Crippen LogP contribution in [0.5, 0.6) is 11.6 Å². The highest BCUT2D eigenvalue weighted by atomic mass is 32.2. The predicted octanol–water partition coefficient (Wildman–Crippen LogP) is 3.90. The van der Waals surface area contributed by atoms with Crippen LogP contribution in [-0.2, 0) is 16.6 Å². The Labute approximate surface area is 201 Å². The summed E-state index contributed by atoms with van der Waals surface area (Å²) in [5, 5.41) is 2.87. The zero-order valence-corrected chi connectivity index (χ0v) is 20.6. The van der Waals surface area contributed by atoms with Crippen LogP contribution in [0.25, 0.3) is 0 Å². The number of ether oxygens (including phenoxy) is 2. The van der Waals surface area contributed by atoms with Gasteiger partial charge in [-0.3, -0.25) is 4.79 Å². The number of nitrogens with zero attached hydrogens (tertiary/aromatic N) is 2. The summed E-state index contributed by atoms with van der Waals surface area (Å²) in [6.07, 6.45) is 8.97. The maximum atomic E-state index is 13.4. The van der Waals surface area contributed by atoms with Gasteiger partial charge >= 0.3 is 0 Å². The van der Waals surface area contributed by atoms with Gasteiger partial charge in [0.2, 0.25) is 15.9 Å². The van der Waals surface area contributed by atoms with Crippen LogP contribution in [0.1, 0.15) is 67.8 Å². The fourth-order valence-corrected chi connectivity index (χ4v) is 6.54. The maximum absolute atomic E-state index is 13.4. The maximum Gasteiger partial charge on any atom is 0.251 e. The third kappa shape index (κ3) is 5.52. The Bertz CT molecular complexity index is 1120. The van der Waals surface area contributed by atoms with Crippen molar-refractivity contribution in [2.45, 2.75) is 75.5 Å². The fourth-order valence-electron chi connectivity index (χ4n) is 4.66. The molecular formula is C25H33N3O5S. The van der Waals surface area contributed by atoms with Crippen molar-refractivity contribution in [2.24, 2.45) is 0 Å². The Hall–Kier alpha value is -2.65. The molecule has 0 spiro atoms. The van der Waals surface area contributed by atoms with Crippen LogP contribution in [0.3, 0.4) is 0 Å². The van der Waals surface area contributed by atoms with E-state index in [0.717, 1.165) is 37.7 Å². The monoisotopic (exact) mass is 487 g/mol. The van der Waals surface area contributed by atoms with E-state index in [9.17, 15) is 13.2 Å². The van der Waals surface area contributed by atoms with Crippen molar-refractivity contribution in [2.75, 3.05) is 13.7 Å². The molecule has 2 aromatic rings. The summed E-state index contributed by atoms with van der Waals surface area (Å²) in [7, 11) is -2.36. The molecule has 2 aliphatic rings. The molecule has 0 radical (unpaired) electrons. The largest absolute Gasteiger partial charge is 0.495 e. The summed E-state index contributed by atoms with van der Waals surface area (Å²) < 4.78 is 39.6. The lowest BCUT2D eigenvalue weighted by atomic mass is 10.1. The van der Waals surface area contributed by atoms with E-state index in [0.29, 0.717) is 12.4 Å². The van der Waals surface area contributed by atoms with Gasteiger partial charge in [-0.1, -0.05) is 6.42 Å². The zero-order valence-electron chi connectivity index (χ0n) is 19.8. The number of carbonyl (C=O) groups is 1. The Morgan fingerprint density at radius 3 is 2.62 bits per heavy atom. The second kappa shape index (κ2) is 10.7. The molecule has 1 unspecified atom stereocenters. The third-order valence-corrected chi connectivity index (χ3v) is 8.63. The van der Waals surface area contributed by atoms with Crippen molar-refractivity contribution < 1.29 is 22.7 Å². The summed E-state index contributed by atoms with van der Waals surface area (Å²) >= 11 is 0. The van der Waals surface area contributed by atoms with Gasteiger partial charge < -0.3 is 14.8 Å². The topological polar surface area (TPSA) is 97.8 Å². The zero-order chi connectivity index (χ0) is 24.1. The summed E-state index contributed by atoms with van der Waals surface area (Å²) in [5.41, 5.74) is 1.13. The number of piperidine rings is 1. The van der Waals surface area contributed by atoms with E-state index in [1.165, 1.54) is 36.4 Å². The number of carbonyl (C=O) groups excluding carboxylic acids is 1. The molecule has 9 heteroatoms. The minimum absolute atomic E-state index is 0.0209. The van der Waals surface area contributed by atoms with E-state index in [4.69, 9.17) is 9.47 Å². The predicted molar refractivity (Wildman–Crippen MR) is 128 cm³/mol. The van der Waals surface area contributed by atoms with Crippen LogP contribution in [0, 0.1) is 0 Å². The average molecular weight is 488 g/mol. The molecule has 1 atom stereocenters. The highest BCUT2D eigenvalue weighted by Crippen LogP contribution is 2.31. The molecule has 2 heterocycles. The van der Waals surface area contributed by atoms with Gasteiger partial charge in [-0.2, -0.15) is 4.31 Å². The standard InChI is InChI=1S/C25H33N3O5S/c1-18-7-5-6-14-28(18)34(30,31)23-16-20(10-11-22(23)32-2)25(29)27-17-19-12-13-26-24(15-19)33-21-8-3-4-9-21/h10-13,15-16,18,21H,3-9,14,17H2,1-2H3,(H,27,29). The van der Waals surface area contributed by atoms with E-state index >= 15 is 0 Å². The van der Waals surface area contributed by atoms with Gasteiger partial charge in [0.25, 0.3) is 5.91 Å². The Kier molecular flexibility index (Phi) is 7.73. The van der Waals surface area contributed by atoms with E-state index < -0.39 is 10.0 Å². The molecule has 34 heavy (non-hydrogen) atoms. The SMILES string of the molecule is COc1ccc(C(=O)NCc2ccnc(OC3CCCC3)c2)cc1S(=O)(=O)N1CCCCC1C. The molecule has 1 saturated heterocycles. The van der Waals surface area contributed by atoms with Crippen LogP contribution >= 0.6 is 0 Å². The Morgan fingerprint density at radius 2 is 1.88 bits per heavy atom. The average Bonchev–Trinajstić information content (AvgIpc) is 3.35. The van der Waals surface area contributed by atoms with Crippen molar-refractivity contribution in [3.8, 4) is 11.6 Å². The molecular weight excluding hydrogens is 454 g/mol. The first kappa shape index (κ1) is 24.5. The van der Waals surface area contributed by atoms with Gasteiger partial charge in [-0.25, -0.2) is 13.4 Å². The van der Waals surface area contributed by atoms with Gasteiger partial charge in [0.1, 0.15) is 16.7 Å². The van der Waals surface area contributed by atoms with Gasteiger partial charge in [0, 0.05) is 37.0 Å². The summed E-state index contributed by atoms with van der Waals surface area (Å²) in [6.45, 7) is 2.66.